The van der Waals surface area contributed by atoms with E-state index in [1.165, 1.54) is 0 Å². The number of aromatic nitrogens is 2. The molecular formula is C13H15N3O3S. The van der Waals surface area contributed by atoms with Crippen molar-refractivity contribution in [2.45, 2.75) is 31.8 Å². The standard InChI is InChI=1S/C13H15N3O3S/c17-12(18)7-9-3-1-5-16(9)8-11-14-13(19-15-11)10-4-2-6-20-10/h2,4,6,9H,1,3,5,7-8H2,(H,17,18). The van der Waals surface area contributed by atoms with Crippen molar-refractivity contribution in [1.82, 2.24) is 15.0 Å². The van der Waals surface area contributed by atoms with E-state index in [4.69, 9.17) is 9.63 Å². The number of nitrogens with zero attached hydrogens (tertiary/aromatic N) is 3. The summed E-state index contributed by atoms with van der Waals surface area (Å²) in [7, 11) is 0. The molecule has 1 aliphatic heterocycles. The molecule has 6 nitrogen and oxygen atoms in total. The molecule has 1 atom stereocenters. The second kappa shape index (κ2) is 5.72. The van der Waals surface area contributed by atoms with Crippen molar-refractivity contribution in [1.29, 1.82) is 0 Å². The number of aliphatic carboxylic acids is 1. The number of thiophene rings is 1. The predicted molar refractivity (Wildman–Crippen MR) is 73.3 cm³/mol. The van der Waals surface area contributed by atoms with Crippen molar-refractivity contribution < 1.29 is 14.4 Å². The number of hydrogen-bond donors (Lipinski definition) is 1. The molecule has 0 saturated carbocycles. The first-order valence-electron chi connectivity index (χ1n) is 6.54. The Labute approximate surface area is 120 Å². The Bertz CT molecular complexity index is 581. The first-order chi connectivity index (χ1) is 9.72. The summed E-state index contributed by atoms with van der Waals surface area (Å²) in [6, 6.07) is 3.95. The monoisotopic (exact) mass is 293 g/mol. The minimum absolute atomic E-state index is 0.0798. The van der Waals surface area contributed by atoms with E-state index >= 15 is 0 Å². The highest BCUT2D eigenvalue weighted by Crippen LogP contribution is 2.25. The highest BCUT2D eigenvalue weighted by Gasteiger charge is 2.27. The largest absolute Gasteiger partial charge is 0.481 e. The number of likely N-dealkylation sites (tertiary alicyclic amines) is 1. The highest BCUT2D eigenvalue weighted by atomic mass is 32.1. The van der Waals surface area contributed by atoms with E-state index in [2.05, 4.69) is 15.0 Å². The Hall–Kier alpha value is -1.73. The molecule has 2 aromatic rings. The number of rotatable bonds is 5. The summed E-state index contributed by atoms with van der Waals surface area (Å²) in [4.78, 5) is 18.3. The van der Waals surface area contributed by atoms with Gasteiger partial charge in [-0.2, -0.15) is 4.98 Å². The third-order valence-corrected chi connectivity index (χ3v) is 4.31. The molecule has 1 unspecified atom stereocenters. The van der Waals surface area contributed by atoms with Crippen LogP contribution in [0.25, 0.3) is 10.8 Å². The second-order valence-electron chi connectivity index (χ2n) is 4.86. The Kier molecular flexibility index (Phi) is 3.79. The van der Waals surface area contributed by atoms with Gasteiger partial charge >= 0.3 is 5.97 Å². The van der Waals surface area contributed by atoms with Crippen LogP contribution in [0.1, 0.15) is 25.1 Å². The topological polar surface area (TPSA) is 79.5 Å². The number of carboxylic acids is 1. The Balaban J connectivity index is 1.67. The normalized spacial score (nSPS) is 19.5. The molecule has 0 amide bonds. The molecule has 1 saturated heterocycles. The van der Waals surface area contributed by atoms with E-state index < -0.39 is 5.97 Å². The van der Waals surface area contributed by atoms with Gasteiger partial charge in [-0.15, -0.1) is 11.3 Å². The maximum absolute atomic E-state index is 10.8. The summed E-state index contributed by atoms with van der Waals surface area (Å²) in [5.74, 6) is 0.393. The molecule has 0 aliphatic carbocycles. The molecule has 1 N–H and O–H groups in total. The van der Waals surface area contributed by atoms with Crippen LogP contribution < -0.4 is 0 Å². The third-order valence-electron chi connectivity index (χ3n) is 3.45. The second-order valence-corrected chi connectivity index (χ2v) is 5.81. The smallest absolute Gasteiger partial charge is 0.304 e. The van der Waals surface area contributed by atoms with Crippen LogP contribution in [-0.4, -0.2) is 38.7 Å². The molecule has 1 fully saturated rings. The first-order valence-corrected chi connectivity index (χ1v) is 7.42. The van der Waals surface area contributed by atoms with Gasteiger partial charge in [0.2, 0.25) is 0 Å². The maximum atomic E-state index is 10.8. The van der Waals surface area contributed by atoms with Gasteiger partial charge in [-0.05, 0) is 30.8 Å². The fourth-order valence-electron chi connectivity index (χ4n) is 2.54. The molecule has 0 radical (unpaired) electrons. The van der Waals surface area contributed by atoms with Crippen LogP contribution in [0.15, 0.2) is 22.0 Å². The van der Waals surface area contributed by atoms with E-state index in [-0.39, 0.29) is 12.5 Å². The van der Waals surface area contributed by atoms with Gasteiger partial charge in [-0.25, -0.2) is 0 Å². The van der Waals surface area contributed by atoms with Crippen LogP contribution in [-0.2, 0) is 11.3 Å². The molecule has 0 spiro atoms. The van der Waals surface area contributed by atoms with Crippen LogP contribution in [0.5, 0.6) is 0 Å². The summed E-state index contributed by atoms with van der Waals surface area (Å²) >= 11 is 1.55. The number of carbonyl (C=O) groups is 1. The van der Waals surface area contributed by atoms with Crippen LogP contribution in [0.2, 0.25) is 0 Å². The van der Waals surface area contributed by atoms with Gasteiger partial charge in [0.1, 0.15) is 0 Å². The fourth-order valence-corrected chi connectivity index (χ4v) is 3.18. The van der Waals surface area contributed by atoms with Gasteiger partial charge in [-0.1, -0.05) is 11.2 Å². The molecular weight excluding hydrogens is 278 g/mol. The quantitative estimate of drug-likeness (QED) is 0.910. The summed E-state index contributed by atoms with van der Waals surface area (Å²) in [5.41, 5.74) is 0. The summed E-state index contributed by atoms with van der Waals surface area (Å²) < 4.78 is 5.24. The lowest BCUT2D eigenvalue weighted by Crippen LogP contribution is -2.31. The maximum Gasteiger partial charge on any atom is 0.304 e. The van der Waals surface area contributed by atoms with Crippen LogP contribution >= 0.6 is 11.3 Å². The van der Waals surface area contributed by atoms with E-state index in [1.54, 1.807) is 11.3 Å². The van der Waals surface area contributed by atoms with E-state index in [0.29, 0.717) is 18.3 Å². The van der Waals surface area contributed by atoms with Gasteiger partial charge in [0.15, 0.2) is 5.82 Å². The van der Waals surface area contributed by atoms with Crippen molar-refractivity contribution in [3.8, 4) is 10.8 Å². The van der Waals surface area contributed by atoms with Gasteiger partial charge in [0, 0.05) is 6.04 Å². The SMILES string of the molecule is O=C(O)CC1CCCN1Cc1noc(-c2cccs2)n1. The molecule has 106 valence electrons. The first kappa shape index (κ1) is 13.3. The van der Waals surface area contributed by atoms with Crippen LogP contribution in [0, 0.1) is 0 Å². The van der Waals surface area contributed by atoms with Crippen molar-refractivity contribution in [2.75, 3.05) is 6.54 Å². The van der Waals surface area contributed by atoms with Crippen molar-refractivity contribution in [3.63, 3.8) is 0 Å². The molecule has 1 aliphatic rings. The lowest BCUT2D eigenvalue weighted by Gasteiger charge is -2.20. The molecule has 3 heterocycles. The van der Waals surface area contributed by atoms with Gasteiger partial charge in [0.05, 0.1) is 17.8 Å². The molecule has 3 rings (SSSR count). The van der Waals surface area contributed by atoms with Gasteiger partial charge in [0.25, 0.3) is 5.89 Å². The molecule has 0 aromatic carbocycles. The number of hydrogen-bond acceptors (Lipinski definition) is 6. The zero-order valence-corrected chi connectivity index (χ0v) is 11.7. The third kappa shape index (κ3) is 2.88. The van der Waals surface area contributed by atoms with Gasteiger partial charge < -0.3 is 9.63 Å². The lowest BCUT2D eigenvalue weighted by molar-refractivity contribution is -0.138. The summed E-state index contributed by atoms with van der Waals surface area (Å²) in [6.07, 6.45) is 2.12. The average molecular weight is 293 g/mol. The molecule has 7 heteroatoms. The fraction of sp³-hybridized carbons (Fsp3) is 0.462. The highest BCUT2D eigenvalue weighted by molar-refractivity contribution is 7.13. The van der Waals surface area contributed by atoms with Crippen molar-refractivity contribution in [2.24, 2.45) is 0 Å². The Morgan fingerprint density at radius 3 is 3.25 bits per heavy atom. The number of carboxylic acid groups (broad SMARTS) is 1. The summed E-state index contributed by atoms with van der Waals surface area (Å²) in [6.45, 7) is 1.44. The Morgan fingerprint density at radius 2 is 2.50 bits per heavy atom. The summed E-state index contributed by atoms with van der Waals surface area (Å²) in [5, 5.41) is 14.9. The zero-order chi connectivity index (χ0) is 13.9. The molecule has 20 heavy (non-hydrogen) atoms. The van der Waals surface area contributed by atoms with Crippen molar-refractivity contribution in [3.05, 3.63) is 23.3 Å². The van der Waals surface area contributed by atoms with E-state index in [1.807, 2.05) is 17.5 Å². The van der Waals surface area contributed by atoms with E-state index in [9.17, 15) is 4.79 Å². The minimum atomic E-state index is -0.755. The van der Waals surface area contributed by atoms with E-state index in [0.717, 1.165) is 24.3 Å². The van der Waals surface area contributed by atoms with Crippen LogP contribution in [0.3, 0.4) is 0 Å². The van der Waals surface area contributed by atoms with Crippen LogP contribution in [0.4, 0.5) is 0 Å². The zero-order valence-electron chi connectivity index (χ0n) is 10.9. The minimum Gasteiger partial charge on any atom is -0.481 e. The molecule has 0 bridgehead atoms. The van der Waals surface area contributed by atoms with Crippen molar-refractivity contribution >= 4 is 17.3 Å². The average Bonchev–Trinajstić information content (AvgIpc) is 3.11. The predicted octanol–water partition coefficient (Wildman–Crippen LogP) is 2.24. The lowest BCUT2D eigenvalue weighted by atomic mass is 10.1. The Morgan fingerprint density at radius 1 is 1.60 bits per heavy atom. The van der Waals surface area contributed by atoms with Gasteiger partial charge in [-0.3, -0.25) is 9.69 Å². The molecule has 2 aromatic heterocycles.